The Kier molecular flexibility index (Phi) is 7.04. The number of hydrogen-bond donors (Lipinski definition) is 2. The fourth-order valence-electron chi connectivity index (χ4n) is 3.05. The highest BCUT2D eigenvalue weighted by Gasteiger charge is 2.17. The molecule has 138 valence electrons. The lowest BCUT2D eigenvalue weighted by atomic mass is 10.1. The van der Waals surface area contributed by atoms with Crippen molar-refractivity contribution < 1.29 is 9.59 Å². The number of anilines is 2. The van der Waals surface area contributed by atoms with E-state index in [4.69, 9.17) is 5.73 Å². The lowest BCUT2D eigenvalue weighted by molar-refractivity contribution is 0.0761. The van der Waals surface area contributed by atoms with Crippen LogP contribution < -0.4 is 11.1 Å². The molecule has 3 rings (SSSR count). The van der Waals surface area contributed by atoms with Crippen LogP contribution in [0, 0.1) is 0 Å². The van der Waals surface area contributed by atoms with Crippen molar-refractivity contribution in [2.75, 3.05) is 24.1 Å². The van der Waals surface area contributed by atoms with E-state index in [0.717, 1.165) is 25.9 Å². The largest absolute Gasteiger partial charge is 0.398 e. The zero-order valence-corrected chi connectivity index (χ0v) is 15.4. The number of nitrogens with one attached hydrogen (secondary N) is 1. The summed E-state index contributed by atoms with van der Waals surface area (Å²) in [6, 6.07) is 14.0. The zero-order chi connectivity index (χ0) is 17.6. The number of amides is 2. The van der Waals surface area contributed by atoms with Gasteiger partial charge in [0.15, 0.2) is 0 Å². The highest BCUT2D eigenvalue weighted by Crippen LogP contribution is 2.17. The predicted octanol–water partition coefficient (Wildman–Crippen LogP) is 3.96. The smallest absolute Gasteiger partial charge is 0.257 e. The molecule has 0 unspecified atom stereocenters. The van der Waals surface area contributed by atoms with Crippen molar-refractivity contribution in [3.8, 4) is 0 Å². The summed E-state index contributed by atoms with van der Waals surface area (Å²) in [5.41, 5.74) is 7.99. The number of carbonyl (C=O) groups is 2. The van der Waals surface area contributed by atoms with Crippen molar-refractivity contribution in [3.63, 3.8) is 0 Å². The highest BCUT2D eigenvalue weighted by molar-refractivity contribution is 6.07. The Balaban J connectivity index is 0.00000243. The second kappa shape index (κ2) is 9.25. The predicted molar refractivity (Wildman–Crippen MR) is 107 cm³/mol. The summed E-state index contributed by atoms with van der Waals surface area (Å²) in [5.74, 6) is -0.197. The second-order valence-electron chi connectivity index (χ2n) is 6.33. The van der Waals surface area contributed by atoms with Gasteiger partial charge in [0.05, 0.1) is 5.56 Å². The maximum atomic E-state index is 12.6. The highest BCUT2D eigenvalue weighted by atomic mass is 35.5. The van der Waals surface area contributed by atoms with Crippen LogP contribution in [0.1, 0.15) is 46.4 Å². The molecule has 0 aromatic heterocycles. The first-order valence-corrected chi connectivity index (χ1v) is 8.70. The van der Waals surface area contributed by atoms with Crippen LogP contribution in [0.3, 0.4) is 0 Å². The van der Waals surface area contributed by atoms with Crippen LogP contribution in [0.25, 0.3) is 0 Å². The van der Waals surface area contributed by atoms with E-state index < -0.39 is 0 Å². The summed E-state index contributed by atoms with van der Waals surface area (Å²) in [6.45, 7) is 1.65. The van der Waals surface area contributed by atoms with Gasteiger partial charge in [0.25, 0.3) is 11.8 Å². The Morgan fingerprint density at radius 3 is 2.12 bits per heavy atom. The van der Waals surface area contributed by atoms with Gasteiger partial charge in [0.1, 0.15) is 0 Å². The normalized spacial score (nSPS) is 14.1. The third-order valence-electron chi connectivity index (χ3n) is 4.49. The Bertz CT molecular complexity index is 754. The Morgan fingerprint density at radius 2 is 1.50 bits per heavy atom. The van der Waals surface area contributed by atoms with Crippen molar-refractivity contribution in [2.45, 2.75) is 25.7 Å². The van der Waals surface area contributed by atoms with Gasteiger partial charge in [-0.3, -0.25) is 9.59 Å². The molecular formula is C20H24ClN3O2. The van der Waals surface area contributed by atoms with Gasteiger partial charge < -0.3 is 16.0 Å². The monoisotopic (exact) mass is 373 g/mol. The van der Waals surface area contributed by atoms with E-state index >= 15 is 0 Å². The molecule has 1 heterocycles. The van der Waals surface area contributed by atoms with Crippen LogP contribution in [-0.4, -0.2) is 29.8 Å². The molecule has 1 aliphatic rings. The second-order valence-corrected chi connectivity index (χ2v) is 6.33. The molecule has 1 saturated heterocycles. The van der Waals surface area contributed by atoms with Crippen LogP contribution >= 0.6 is 12.4 Å². The minimum Gasteiger partial charge on any atom is -0.398 e. The van der Waals surface area contributed by atoms with Gasteiger partial charge in [0, 0.05) is 30.0 Å². The fourth-order valence-corrected chi connectivity index (χ4v) is 3.05. The first kappa shape index (κ1) is 19.8. The lowest BCUT2D eigenvalue weighted by Crippen LogP contribution is -2.31. The molecule has 0 spiro atoms. The van der Waals surface area contributed by atoms with Gasteiger partial charge in [-0.1, -0.05) is 25.0 Å². The van der Waals surface area contributed by atoms with Crippen molar-refractivity contribution in [3.05, 3.63) is 59.7 Å². The van der Waals surface area contributed by atoms with Crippen molar-refractivity contribution in [2.24, 2.45) is 0 Å². The summed E-state index contributed by atoms with van der Waals surface area (Å²) < 4.78 is 0. The topological polar surface area (TPSA) is 75.4 Å². The summed E-state index contributed by atoms with van der Waals surface area (Å²) >= 11 is 0. The standard InChI is InChI=1S/C20H23N3O2.ClH/c21-18-8-4-3-7-17(18)19(24)22-16-11-9-15(10-12-16)20(25)23-13-5-1-2-6-14-23;/h3-4,7-12H,1-2,5-6,13-14,21H2,(H,22,24);1H. The molecule has 0 aliphatic carbocycles. The number of likely N-dealkylation sites (tertiary alicyclic amines) is 1. The maximum Gasteiger partial charge on any atom is 0.257 e. The number of nitrogens with two attached hydrogens (primary N) is 1. The quantitative estimate of drug-likeness (QED) is 0.799. The van der Waals surface area contributed by atoms with Crippen molar-refractivity contribution in [1.82, 2.24) is 4.90 Å². The molecule has 5 nitrogen and oxygen atoms in total. The van der Waals surface area contributed by atoms with Gasteiger partial charge in [-0.05, 0) is 49.2 Å². The number of nitrogens with zero attached hydrogens (tertiary/aromatic N) is 1. The first-order valence-electron chi connectivity index (χ1n) is 8.70. The fraction of sp³-hybridized carbons (Fsp3) is 0.300. The molecule has 1 aliphatic heterocycles. The van der Waals surface area contributed by atoms with Crippen LogP contribution in [-0.2, 0) is 0 Å². The average Bonchev–Trinajstić information content (AvgIpc) is 2.91. The Morgan fingerprint density at radius 1 is 0.885 bits per heavy atom. The van der Waals surface area contributed by atoms with Gasteiger partial charge in [0.2, 0.25) is 0 Å². The molecule has 0 bridgehead atoms. The molecule has 6 heteroatoms. The molecule has 1 fully saturated rings. The molecule has 0 atom stereocenters. The summed E-state index contributed by atoms with van der Waals surface area (Å²) in [4.78, 5) is 26.8. The Labute approximate surface area is 160 Å². The molecule has 0 radical (unpaired) electrons. The summed E-state index contributed by atoms with van der Waals surface area (Å²) in [5, 5.41) is 2.81. The van der Waals surface area contributed by atoms with E-state index in [0.29, 0.717) is 22.5 Å². The van der Waals surface area contributed by atoms with E-state index in [2.05, 4.69) is 5.32 Å². The zero-order valence-electron chi connectivity index (χ0n) is 14.6. The molecule has 2 amide bonds. The van der Waals surface area contributed by atoms with E-state index in [1.807, 2.05) is 4.90 Å². The average molecular weight is 374 g/mol. The van der Waals surface area contributed by atoms with Gasteiger partial charge in [-0.15, -0.1) is 12.4 Å². The third kappa shape index (κ3) is 4.76. The third-order valence-corrected chi connectivity index (χ3v) is 4.49. The molecule has 2 aromatic carbocycles. The van der Waals surface area contributed by atoms with Gasteiger partial charge >= 0.3 is 0 Å². The number of carbonyl (C=O) groups excluding carboxylic acids is 2. The molecule has 3 N–H and O–H groups in total. The SMILES string of the molecule is Cl.Nc1ccccc1C(=O)Nc1ccc(C(=O)N2CCCCCC2)cc1. The van der Waals surface area contributed by atoms with E-state index in [-0.39, 0.29) is 24.2 Å². The Hall–Kier alpha value is -2.53. The van der Waals surface area contributed by atoms with Gasteiger partial charge in [-0.25, -0.2) is 0 Å². The number of nitrogen functional groups attached to an aromatic ring is 1. The van der Waals surface area contributed by atoms with E-state index in [9.17, 15) is 9.59 Å². The number of rotatable bonds is 3. The lowest BCUT2D eigenvalue weighted by Gasteiger charge is -2.20. The number of benzene rings is 2. The minimum atomic E-state index is -0.260. The summed E-state index contributed by atoms with van der Waals surface area (Å²) in [7, 11) is 0. The van der Waals surface area contributed by atoms with Gasteiger partial charge in [-0.2, -0.15) is 0 Å². The number of halogens is 1. The van der Waals surface area contributed by atoms with Crippen LogP contribution in [0.5, 0.6) is 0 Å². The molecule has 26 heavy (non-hydrogen) atoms. The van der Waals surface area contributed by atoms with Crippen LogP contribution in [0.2, 0.25) is 0 Å². The minimum absolute atomic E-state index is 0. The molecule has 2 aromatic rings. The molecular weight excluding hydrogens is 350 g/mol. The van der Waals surface area contributed by atoms with Crippen LogP contribution in [0.15, 0.2) is 48.5 Å². The van der Waals surface area contributed by atoms with Crippen molar-refractivity contribution in [1.29, 1.82) is 0 Å². The van der Waals surface area contributed by atoms with E-state index in [1.165, 1.54) is 12.8 Å². The van der Waals surface area contributed by atoms with E-state index in [1.54, 1.807) is 48.5 Å². The number of hydrogen-bond acceptors (Lipinski definition) is 3. The maximum absolute atomic E-state index is 12.6. The number of para-hydroxylation sites is 1. The summed E-state index contributed by atoms with van der Waals surface area (Å²) in [6.07, 6.45) is 4.52. The first-order chi connectivity index (χ1) is 12.1. The molecule has 0 saturated carbocycles. The van der Waals surface area contributed by atoms with Crippen molar-refractivity contribution >= 4 is 35.6 Å². The van der Waals surface area contributed by atoms with Crippen LogP contribution in [0.4, 0.5) is 11.4 Å².